The van der Waals surface area contributed by atoms with Gasteiger partial charge in [-0.2, -0.15) is 4.73 Å². The predicted molar refractivity (Wildman–Crippen MR) is 163 cm³/mol. The minimum atomic E-state index is -1.17. The van der Waals surface area contributed by atoms with Crippen LogP contribution in [0.15, 0.2) is 30.5 Å². The number of benzene rings is 1. The van der Waals surface area contributed by atoms with E-state index in [2.05, 4.69) is 16.0 Å². The van der Waals surface area contributed by atoms with Crippen molar-refractivity contribution >= 4 is 40.5 Å². The monoisotopic (exact) mass is 611 g/mol. The molecular weight excluding hydrogens is 566 g/mol. The van der Waals surface area contributed by atoms with Gasteiger partial charge in [0.05, 0.1) is 18.8 Å². The standard InChI is InChI=1S/C32H45N5O7/c1-5-20(2)27-32(42)36-18-12-11-16-25(36)30(40)33-23(14-7-6-8-17-26(38)43-3)29(39)35-28(31(41)34-27)22-19-37(44-4)24-15-10-9-13-21(22)24/h9-10,13,15,19-20,23,25,27-28H,5-8,11-12,14,16-18H2,1-4H3,(H,33,40)(H,34,41)(H,35,39). The third-order valence-electron chi connectivity index (χ3n) is 8.86. The first-order valence-corrected chi connectivity index (χ1v) is 15.6. The van der Waals surface area contributed by atoms with Gasteiger partial charge in [0.15, 0.2) is 0 Å². The summed E-state index contributed by atoms with van der Waals surface area (Å²) in [5, 5.41) is 9.48. The normalized spacial score (nSPS) is 23.9. The Morgan fingerprint density at radius 1 is 0.977 bits per heavy atom. The van der Waals surface area contributed by atoms with Crippen LogP contribution in [0.2, 0.25) is 0 Å². The zero-order chi connectivity index (χ0) is 31.8. The second kappa shape index (κ2) is 15.1. The SMILES string of the molecule is CCC(C)C1NC(=O)C(c2cn(OC)c3ccccc23)NC(=O)C(CCCCCC(=O)OC)NC(=O)C2CCCCN2C1=O. The van der Waals surface area contributed by atoms with Gasteiger partial charge in [0, 0.05) is 23.9 Å². The third-order valence-corrected chi connectivity index (χ3v) is 8.86. The van der Waals surface area contributed by atoms with E-state index < -0.39 is 36.0 Å². The molecule has 1 aromatic heterocycles. The molecule has 0 bridgehead atoms. The summed E-state index contributed by atoms with van der Waals surface area (Å²) in [4.78, 5) is 74.4. The molecule has 12 nitrogen and oxygen atoms in total. The molecule has 4 rings (SSSR count). The summed E-state index contributed by atoms with van der Waals surface area (Å²) >= 11 is 0. The summed E-state index contributed by atoms with van der Waals surface area (Å²) in [5.74, 6) is -2.21. The number of fused-ring (bicyclic) bond motifs is 2. The molecule has 2 aliphatic heterocycles. The van der Waals surface area contributed by atoms with E-state index >= 15 is 0 Å². The van der Waals surface area contributed by atoms with Crippen LogP contribution < -0.4 is 20.8 Å². The third kappa shape index (κ3) is 7.34. The lowest BCUT2D eigenvalue weighted by molar-refractivity contribution is -0.147. The average Bonchev–Trinajstić information content (AvgIpc) is 3.42. The quantitative estimate of drug-likeness (QED) is 0.276. The number of methoxy groups -OCH3 is 1. The first-order chi connectivity index (χ1) is 21.2. The van der Waals surface area contributed by atoms with Gasteiger partial charge >= 0.3 is 5.97 Å². The van der Waals surface area contributed by atoms with Crippen molar-refractivity contribution in [1.29, 1.82) is 0 Å². The van der Waals surface area contributed by atoms with Crippen molar-refractivity contribution in [2.75, 3.05) is 20.8 Å². The first-order valence-electron chi connectivity index (χ1n) is 15.6. The highest BCUT2D eigenvalue weighted by Crippen LogP contribution is 2.28. The number of ether oxygens (including phenoxy) is 1. The van der Waals surface area contributed by atoms with Crippen LogP contribution in [-0.4, -0.2) is 78.1 Å². The Labute approximate surface area is 258 Å². The molecule has 2 fully saturated rings. The maximum Gasteiger partial charge on any atom is 0.305 e. The molecule has 2 aromatic rings. The minimum Gasteiger partial charge on any atom is -0.469 e. The Bertz CT molecular complexity index is 1360. The van der Waals surface area contributed by atoms with Crippen LogP contribution in [0.3, 0.4) is 0 Å². The Hall–Kier alpha value is -4.09. The van der Waals surface area contributed by atoms with Gasteiger partial charge in [0.25, 0.3) is 0 Å². The fourth-order valence-electron chi connectivity index (χ4n) is 6.08. The minimum absolute atomic E-state index is 0.213. The van der Waals surface area contributed by atoms with E-state index in [1.807, 2.05) is 38.1 Å². The van der Waals surface area contributed by atoms with Crippen LogP contribution in [-0.2, 0) is 28.7 Å². The number of para-hydroxylation sites is 1. The number of nitrogens with zero attached hydrogens (tertiary/aromatic N) is 2. The number of hydrogen-bond acceptors (Lipinski definition) is 7. The van der Waals surface area contributed by atoms with Gasteiger partial charge in [0.1, 0.15) is 31.3 Å². The number of nitrogens with one attached hydrogen (secondary N) is 3. The molecular formula is C32H45N5O7. The van der Waals surface area contributed by atoms with Gasteiger partial charge in [-0.15, -0.1) is 0 Å². The van der Waals surface area contributed by atoms with E-state index in [1.165, 1.54) is 19.0 Å². The van der Waals surface area contributed by atoms with Crippen molar-refractivity contribution in [2.45, 2.75) is 95.8 Å². The second-order valence-corrected chi connectivity index (χ2v) is 11.7. The number of carbonyl (C=O) groups excluding carboxylic acids is 5. The molecule has 4 amide bonds. The van der Waals surface area contributed by atoms with Gasteiger partial charge in [-0.25, -0.2) is 0 Å². The summed E-state index contributed by atoms with van der Waals surface area (Å²) < 4.78 is 6.23. The number of amides is 4. The van der Waals surface area contributed by atoms with E-state index in [4.69, 9.17) is 9.57 Å². The van der Waals surface area contributed by atoms with E-state index in [0.29, 0.717) is 61.5 Å². The topological polar surface area (TPSA) is 148 Å². The highest BCUT2D eigenvalue weighted by atomic mass is 16.6. The molecule has 2 aliphatic rings. The van der Waals surface area contributed by atoms with Gasteiger partial charge < -0.3 is 30.4 Å². The number of piperidine rings is 1. The lowest BCUT2D eigenvalue weighted by atomic mass is 9.93. The Kier molecular flexibility index (Phi) is 11.2. The van der Waals surface area contributed by atoms with Crippen molar-refractivity contribution < 1.29 is 33.5 Å². The molecule has 1 aromatic carbocycles. The molecule has 3 heterocycles. The van der Waals surface area contributed by atoms with Crippen molar-refractivity contribution in [1.82, 2.24) is 25.6 Å². The first kappa shape index (κ1) is 32.8. The highest BCUT2D eigenvalue weighted by molar-refractivity contribution is 6.00. The van der Waals surface area contributed by atoms with Crippen molar-refractivity contribution in [2.24, 2.45) is 5.92 Å². The van der Waals surface area contributed by atoms with Crippen LogP contribution in [0.4, 0.5) is 0 Å². The number of aromatic nitrogens is 1. The van der Waals surface area contributed by atoms with Gasteiger partial charge in [-0.3, -0.25) is 24.0 Å². The zero-order valence-corrected chi connectivity index (χ0v) is 26.1. The molecule has 2 saturated heterocycles. The van der Waals surface area contributed by atoms with Gasteiger partial charge in [-0.1, -0.05) is 51.3 Å². The summed E-state index contributed by atoms with van der Waals surface area (Å²) in [6.45, 7) is 4.24. The largest absolute Gasteiger partial charge is 0.469 e. The van der Waals surface area contributed by atoms with Crippen molar-refractivity contribution in [3.8, 4) is 0 Å². The van der Waals surface area contributed by atoms with Crippen LogP contribution >= 0.6 is 0 Å². The summed E-state index contributed by atoms with van der Waals surface area (Å²) in [6.07, 6.45) is 6.62. The molecule has 5 unspecified atom stereocenters. The summed E-state index contributed by atoms with van der Waals surface area (Å²) in [7, 11) is 2.85. The van der Waals surface area contributed by atoms with Gasteiger partial charge in [0.2, 0.25) is 23.6 Å². The lowest BCUT2D eigenvalue weighted by Gasteiger charge is -2.39. The maximum absolute atomic E-state index is 14.1. The van der Waals surface area contributed by atoms with Gasteiger partial charge in [-0.05, 0) is 44.1 Å². The maximum atomic E-state index is 14.1. The van der Waals surface area contributed by atoms with Crippen molar-refractivity contribution in [3.63, 3.8) is 0 Å². The molecule has 3 N–H and O–H groups in total. The molecule has 0 saturated carbocycles. The van der Waals surface area contributed by atoms with Crippen LogP contribution in [0, 0.1) is 5.92 Å². The summed E-state index contributed by atoms with van der Waals surface area (Å²) in [6, 6.07) is 3.64. The molecule has 5 atom stereocenters. The van der Waals surface area contributed by atoms with Crippen molar-refractivity contribution in [3.05, 3.63) is 36.0 Å². The molecule has 12 heteroatoms. The van der Waals surface area contributed by atoms with E-state index in [-0.39, 0.29) is 30.1 Å². The average molecular weight is 612 g/mol. The number of unbranched alkanes of at least 4 members (excludes halogenated alkanes) is 2. The Morgan fingerprint density at radius 2 is 1.75 bits per heavy atom. The fraction of sp³-hybridized carbons (Fsp3) is 0.594. The number of esters is 1. The van der Waals surface area contributed by atoms with E-state index in [1.54, 1.807) is 11.1 Å². The molecule has 0 radical (unpaired) electrons. The summed E-state index contributed by atoms with van der Waals surface area (Å²) in [5.41, 5.74) is 1.21. The van der Waals surface area contributed by atoms with Crippen LogP contribution in [0.5, 0.6) is 0 Å². The molecule has 240 valence electrons. The smallest absolute Gasteiger partial charge is 0.305 e. The van der Waals surface area contributed by atoms with E-state index in [0.717, 1.165) is 12.8 Å². The Balaban J connectivity index is 1.72. The number of rotatable bonds is 10. The van der Waals surface area contributed by atoms with Crippen LogP contribution in [0.25, 0.3) is 10.9 Å². The molecule has 44 heavy (non-hydrogen) atoms. The molecule has 0 aliphatic carbocycles. The fourth-order valence-corrected chi connectivity index (χ4v) is 6.08. The second-order valence-electron chi connectivity index (χ2n) is 11.7. The predicted octanol–water partition coefficient (Wildman–Crippen LogP) is 2.39. The zero-order valence-electron chi connectivity index (χ0n) is 26.1. The lowest BCUT2D eigenvalue weighted by Crippen LogP contribution is -2.62. The molecule has 0 spiro atoms. The Morgan fingerprint density at radius 3 is 2.48 bits per heavy atom. The van der Waals surface area contributed by atoms with E-state index in [9.17, 15) is 24.0 Å². The number of hydrogen-bond donors (Lipinski definition) is 3. The van der Waals surface area contributed by atoms with Crippen LogP contribution in [0.1, 0.15) is 83.2 Å². The highest BCUT2D eigenvalue weighted by Gasteiger charge is 2.41. The number of carbonyl (C=O) groups is 5.